The van der Waals surface area contributed by atoms with Gasteiger partial charge in [0.2, 0.25) is 0 Å². The second-order valence-corrected chi connectivity index (χ2v) is 4.68. The highest BCUT2D eigenvalue weighted by molar-refractivity contribution is 6.07. The molecule has 0 N–H and O–H groups in total. The maximum absolute atomic E-state index is 12.6. The highest BCUT2D eigenvalue weighted by Crippen LogP contribution is 2.21. The number of carboxylic acids is 1. The van der Waals surface area contributed by atoms with Crippen LogP contribution in [-0.4, -0.2) is 26.4 Å². The van der Waals surface area contributed by atoms with Crippen molar-refractivity contribution < 1.29 is 19.6 Å². The second kappa shape index (κ2) is 5.34. The zero-order valence-corrected chi connectivity index (χ0v) is 11.5. The number of non-ortho nitro benzene ring substituents is 1. The molecule has 0 atom stereocenters. The number of fused-ring (bicyclic) bond motifs is 1. The summed E-state index contributed by atoms with van der Waals surface area (Å²) in [5, 5.41) is 21.9. The summed E-state index contributed by atoms with van der Waals surface area (Å²) in [4.78, 5) is 37.8. The molecule has 0 fully saturated rings. The summed E-state index contributed by atoms with van der Waals surface area (Å²) in [6.45, 7) is 0. The van der Waals surface area contributed by atoms with Crippen molar-refractivity contribution in [3.63, 3.8) is 0 Å². The Morgan fingerprint density at radius 1 is 1.09 bits per heavy atom. The largest absolute Gasteiger partial charge is 0.545 e. The number of carboxylic acid groups (broad SMARTS) is 1. The van der Waals surface area contributed by atoms with E-state index in [1.54, 1.807) is 0 Å². The van der Waals surface area contributed by atoms with Gasteiger partial charge in [-0.25, -0.2) is 4.98 Å². The van der Waals surface area contributed by atoms with E-state index in [-0.39, 0.29) is 22.3 Å². The molecule has 3 aromatic rings. The Bertz CT molecular complexity index is 961. The average molecular weight is 310 g/mol. The second-order valence-electron chi connectivity index (χ2n) is 4.68. The number of aromatic carboxylic acids is 1. The van der Waals surface area contributed by atoms with Crippen LogP contribution < -0.4 is 5.11 Å². The Morgan fingerprint density at radius 2 is 1.78 bits per heavy atom. The van der Waals surface area contributed by atoms with Gasteiger partial charge in [-0.3, -0.25) is 19.5 Å². The van der Waals surface area contributed by atoms with Gasteiger partial charge in [-0.15, -0.1) is 0 Å². The van der Waals surface area contributed by atoms with Gasteiger partial charge in [0.1, 0.15) is 6.33 Å². The van der Waals surface area contributed by atoms with E-state index in [0.29, 0.717) is 5.52 Å². The average Bonchev–Trinajstić information content (AvgIpc) is 2.97. The summed E-state index contributed by atoms with van der Waals surface area (Å²) in [6.07, 6.45) is 1.20. The van der Waals surface area contributed by atoms with Crippen molar-refractivity contribution in [3.8, 4) is 0 Å². The SMILES string of the molecule is O=C([O-])c1ccccc1C(=O)n1cnc2cc([N+](=O)[O-])ccc21. The molecule has 2 aromatic carbocycles. The van der Waals surface area contributed by atoms with Crippen LogP contribution in [0.4, 0.5) is 5.69 Å². The first-order valence-corrected chi connectivity index (χ1v) is 6.45. The van der Waals surface area contributed by atoms with Crippen molar-refractivity contribution in [3.05, 3.63) is 70.0 Å². The fourth-order valence-corrected chi connectivity index (χ4v) is 2.25. The molecule has 0 spiro atoms. The van der Waals surface area contributed by atoms with E-state index in [9.17, 15) is 24.8 Å². The summed E-state index contributed by atoms with van der Waals surface area (Å²) in [5.41, 5.74) is 0.170. The quantitative estimate of drug-likeness (QED) is 0.526. The van der Waals surface area contributed by atoms with E-state index < -0.39 is 16.8 Å². The van der Waals surface area contributed by atoms with Gasteiger partial charge in [0, 0.05) is 23.3 Å². The lowest BCUT2D eigenvalue weighted by Gasteiger charge is -2.09. The van der Waals surface area contributed by atoms with E-state index in [1.165, 1.54) is 48.8 Å². The Morgan fingerprint density at radius 3 is 2.43 bits per heavy atom. The summed E-state index contributed by atoms with van der Waals surface area (Å²) in [7, 11) is 0. The summed E-state index contributed by atoms with van der Waals surface area (Å²) in [5.74, 6) is -2.07. The normalized spacial score (nSPS) is 10.6. The molecule has 1 heterocycles. The molecule has 0 aliphatic carbocycles. The lowest BCUT2D eigenvalue weighted by atomic mass is 10.1. The third-order valence-electron chi connectivity index (χ3n) is 3.34. The van der Waals surface area contributed by atoms with Crippen LogP contribution in [0.25, 0.3) is 11.0 Å². The number of nitro benzene ring substituents is 1. The fraction of sp³-hybridized carbons (Fsp3) is 0. The number of hydrogen-bond acceptors (Lipinski definition) is 6. The van der Waals surface area contributed by atoms with Crippen molar-refractivity contribution in [2.45, 2.75) is 0 Å². The summed E-state index contributed by atoms with van der Waals surface area (Å²) >= 11 is 0. The molecule has 0 radical (unpaired) electrons. The predicted molar refractivity (Wildman–Crippen MR) is 76.9 cm³/mol. The van der Waals surface area contributed by atoms with Crippen molar-refractivity contribution in [1.29, 1.82) is 0 Å². The number of nitro groups is 1. The van der Waals surface area contributed by atoms with Crippen LogP contribution in [0, 0.1) is 10.1 Å². The highest BCUT2D eigenvalue weighted by atomic mass is 16.6. The number of carbonyl (C=O) groups excluding carboxylic acids is 2. The Kier molecular flexibility index (Phi) is 3.34. The molecule has 0 aliphatic heterocycles. The minimum atomic E-state index is -1.46. The van der Waals surface area contributed by atoms with Crippen molar-refractivity contribution in [2.75, 3.05) is 0 Å². The summed E-state index contributed by atoms with van der Waals surface area (Å²) in [6, 6.07) is 9.53. The van der Waals surface area contributed by atoms with Gasteiger partial charge in [0.15, 0.2) is 0 Å². The van der Waals surface area contributed by atoms with Crippen molar-refractivity contribution in [1.82, 2.24) is 9.55 Å². The molecule has 8 nitrogen and oxygen atoms in total. The molecule has 114 valence electrons. The van der Waals surface area contributed by atoms with Crippen LogP contribution in [0.5, 0.6) is 0 Å². The van der Waals surface area contributed by atoms with Gasteiger partial charge in [0.25, 0.3) is 11.6 Å². The van der Waals surface area contributed by atoms with Gasteiger partial charge in [-0.2, -0.15) is 0 Å². The lowest BCUT2D eigenvalue weighted by Crippen LogP contribution is -2.26. The molecule has 3 rings (SSSR count). The topological polar surface area (TPSA) is 118 Å². The first kappa shape index (κ1) is 14.4. The van der Waals surface area contributed by atoms with Crippen LogP contribution >= 0.6 is 0 Å². The van der Waals surface area contributed by atoms with Gasteiger partial charge in [0.05, 0.1) is 21.9 Å². The number of nitrogens with zero attached hydrogens (tertiary/aromatic N) is 3. The van der Waals surface area contributed by atoms with Crippen LogP contribution in [0.3, 0.4) is 0 Å². The lowest BCUT2D eigenvalue weighted by molar-refractivity contribution is -0.384. The monoisotopic (exact) mass is 310 g/mol. The first-order valence-electron chi connectivity index (χ1n) is 6.45. The molecular weight excluding hydrogens is 302 g/mol. The van der Waals surface area contributed by atoms with Crippen molar-refractivity contribution in [2.24, 2.45) is 0 Å². The Labute approximate surface area is 128 Å². The standard InChI is InChI=1S/C15H9N3O5/c19-14(10-3-1-2-4-11(10)15(20)21)17-8-16-12-7-9(18(22)23)5-6-13(12)17/h1-8H,(H,20,21)/p-1. The Hall–Kier alpha value is -3.55. The maximum atomic E-state index is 12.6. The zero-order valence-electron chi connectivity index (χ0n) is 11.5. The fourth-order valence-electron chi connectivity index (χ4n) is 2.25. The molecule has 1 aromatic heterocycles. The van der Waals surface area contributed by atoms with Gasteiger partial charge < -0.3 is 9.90 Å². The van der Waals surface area contributed by atoms with Crippen LogP contribution in [0.15, 0.2) is 48.8 Å². The molecule has 0 amide bonds. The molecule has 0 aliphatic rings. The van der Waals surface area contributed by atoms with Crippen LogP contribution in [0.2, 0.25) is 0 Å². The molecule has 8 heteroatoms. The predicted octanol–water partition coefficient (Wildman–Crippen LogP) is 0.996. The maximum Gasteiger partial charge on any atom is 0.271 e. The number of imidazole rings is 1. The molecule has 0 unspecified atom stereocenters. The third kappa shape index (κ3) is 2.42. The van der Waals surface area contributed by atoms with E-state index in [0.717, 1.165) is 4.57 Å². The van der Waals surface area contributed by atoms with Gasteiger partial charge in [-0.1, -0.05) is 18.2 Å². The van der Waals surface area contributed by atoms with Crippen molar-refractivity contribution >= 4 is 28.6 Å². The molecule has 0 saturated heterocycles. The minimum absolute atomic E-state index is 0.0508. The number of carbonyl (C=O) groups is 2. The van der Waals surface area contributed by atoms with Crippen LogP contribution in [-0.2, 0) is 0 Å². The number of rotatable bonds is 3. The van der Waals surface area contributed by atoms with E-state index in [4.69, 9.17) is 0 Å². The molecule has 0 bridgehead atoms. The van der Waals surface area contributed by atoms with Gasteiger partial charge in [-0.05, 0) is 12.1 Å². The number of benzene rings is 2. The van der Waals surface area contributed by atoms with Crippen LogP contribution in [0.1, 0.15) is 20.7 Å². The molecule has 23 heavy (non-hydrogen) atoms. The zero-order chi connectivity index (χ0) is 16.6. The Balaban J connectivity index is 2.12. The van der Waals surface area contributed by atoms with Gasteiger partial charge >= 0.3 is 0 Å². The van der Waals surface area contributed by atoms with E-state index >= 15 is 0 Å². The number of hydrogen-bond donors (Lipinski definition) is 0. The summed E-state index contributed by atoms with van der Waals surface area (Å²) < 4.78 is 1.14. The molecular formula is C15H8N3O5-. The first-order chi connectivity index (χ1) is 11.0. The highest BCUT2D eigenvalue weighted by Gasteiger charge is 2.17. The number of aromatic nitrogens is 2. The smallest absolute Gasteiger partial charge is 0.271 e. The molecule has 0 saturated carbocycles. The van der Waals surface area contributed by atoms with E-state index in [2.05, 4.69) is 4.98 Å². The third-order valence-corrected chi connectivity index (χ3v) is 3.34. The minimum Gasteiger partial charge on any atom is -0.545 e. The van der Waals surface area contributed by atoms with E-state index in [1.807, 2.05) is 0 Å².